The zero-order valence-electron chi connectivity index (χ0n) is 11.5. The molecule has 2 rings (SSSR count). The van der Waals surface area contributed by atoms with Crippen LogP contribution in [0.2, 0.25) is 0 Å². The van der Waals surface area contributed by atoms with Crippen molar-refractivity contribution in [3.63, 3.8) is 0 Å². The van der Waals surface area contributed by atoms with Gasteiger partial charge >= 0.3 is 0 Å². The van der Waals surface area contributed by atoms with Crippen LogP contribution in [0.25, 0.3) is 0 Å². The van der Waals surface area contributed by atoms with E-state index in [9.17, 15) is 0 Å². The van der Waals surface area contributed by atoms with Gasteiger partial charge in [-0.05, 0) is 43.0 Å². The molecule has 94 valence electrons. The van der Waals surface area contributed by atoms with E-state index in [4.69, 9.17) is 0 Å². The van der Waals surface area contributed by atoms with Gasteiger partial charge in [-0.25, -0.2) is 0 Å². The van der Waals surface area contributed by atoms with Gasteiger partial charge in [0, 0.05) is 25.3 Å². The zero-order chi connectivity index (χ0) is 12.4. The summed E-state index contributed by atoms with van der Waals surface area (Å²) in [5.41, 5.74) is 4.41. The first kappa shape index (κ1) is 12.4. The number of rotatable bonds is 3. The molecule has 0 bridgehead atoms. The van der Waals surface area contributed by atoms with Crippen molar-refractivity contribution in [2.24, 2.45) is 5.92 Å². The average molecular weight is 232 g/mol. The van der Waals surface area contributed by atoms with Crippen molar-refractivity contribution < 1.29 is 0 Å². The minimum absolute atomic E-state index is 0.573. The molecule has 2 nitrogen and oxygen atoms in total. The van der Waals surface area contributed by atoms with Gasteiger partial charge in [-0.1, -0.05) is 26.0 Å². The molecular weight excluding hydrogens is 208 g/mol. The number of anilines is 1. The molecule has 1 unspecified atom stereocenters. The maximum Gasteiger partial charge on any atom is 0.0414 e. The molecule has 0 saturated carbocycles. The summed E-state index contributed by atoms with van der Waals surface area (Å²) in [7, 11) is 2.22. The first-order valence-electron chi connectivity index (χ1n) is 6.65. The molecule has 17 heavy (non-hydrogen) atoms. The Morgan fingerprint density at radius 1 is 1.24 bits per heavy atom. The predicted molar refractivity (Wildman–Crippen MR) is 74.6 cm³/mol. The van der Waals surface area contributed by atoms with E-state index in [1.807, 2.05) is 0 Å². The van der Waals surface area contributed by atoms with Crippen LogP contribution in [0.1, 0.15) is 31.9 Å². The van der Waals surface area contributed by atoms with Crippen LogP contribution in [0.4, 0.5) is 5.69 Å². The Bertz CT molecular complexity index is 385. The fourth-order valence-corrected chi connectivity index (χ4v) is 2.49. The predicted octanol–water partition coefficient (Wildman–Crippen LogP) is 2.81. The highest BCUT2D eigenvalue weighted by Crippen LogP contribution is 2.28. The third kappa shape index (κ3) is 2.47. The second-order valence-electron chi connectivity index (χ2n) is 5.44. The second-order valence-corrected chi connectivity index (χ2v) is 5.44. The summed E-state index contributed by atoms with van der Waals surface area (Å²) in [6.07, 6.45) is 1.16. The molecule has 0 aromatic heterocycles. The van der Waals surface area contributed by atoms with Crippen LogP contribution in [0.3, 0.4) is 0 Å². The molecule has 0 spiro atoms. The number of fused-ring (bicyclic) bond motifs is 1. The number of hydrogen-bond donors (Lipinski definition) is 1. The largest absolute Gasteiger partial charge is 0.371 e. The van der Waals surface area contributed by atoms with Crippen LogP contribution in [-0.4, -0.2) is 19.6 Å². The first-order chi connectivity index (χ1) is 8.11. The van der Waals surface area contributed by atoms with Gasteiger partial charge in [0.15, 0.2) is 0 Å². The number of nitrogens with zero attached hydrogens (tertiary/aromatic N) is 1. The topological polar surface area (TPSA) is 15.3 Å². The quantitative estimate of drug-likeness (QED) is 0.862. The SMILES string of the molecule is CC(C)C(C)N(C)c1cccc2c1CNCC2. The van der Waals surface area contributed by atoms with E-state index in [1.165, 1.54) is 16.8 Å². The maximum atomic E-state index is 3.48. The maximum absolute atomic E-state index is 3.48. The molecule has 1 heterocycles. The Kier molecular flexibility index (Phi) is 3.72. The summed E-state index contributed by atoms with van der Waals surface area (Å²) in [6.45, 7) is 9.00. The Hall–Kier alpha value is -1.02. The van der Waals surface area contributed by atoms with E-state index in [0.29, 0.717) is 12.0 Å². The molecule has 0 amide bonds. The van der Waals surface area contributed by atoms with E-state index in [0.717, 1.165) is 19.5 Å². The molecule has 2 heteroatoms. The molecule has 1 aliphatic rings. The molecule has 0 radical (unpaired) electrons. The zero-order valence-corrected chi connectivity index (χ0v) is 11.5. The number of nitrogens with one attached hydrogen (secondary N) is 1. The van der Waals surface area contributed by atoms with Gasteiger partial charge in [0.2, 0.25) is 0 Å². The molecule has 1 atom stereocenters. The normalized spacial score (nSPS) is 16.8. The molecule has 1 aromatic carbocycles. The molecule has 0 aliphatic carbocycles. The van der Waals surface area contributed by atoms with Crippen LogP contribution in [0.5, 0.6) is 0 Å². The van der Waals surface area contributed by atoms with Crippen LogP contribution in [0, 0.1) is 5.92 Å². The molecule has 1 aromatic rings. The lowest BCUT2D eigenvalue weighted by molar-refractivity contribution is 0.503. The summed E-state index contributed by atoms with van der Waals surface area (Å²) >= 11 is 0. The van der Waals surface area contributed by atoms with Crippen LogP contribution >= 0.6 is 0 Å². The van der Waals surface area contributed by atoms with Crippen LogP contribution < -0.4 is 10.2 Å². The lowest BCUT2D eigenvalue weighted by Crippen LogP contribution is -2.35. The van der Waals surface area contributed by atoms with Crippen LogP contribution in [0.15, 0.2) is 18.2 Å². The smallest absolute Gasteiger partial charge is 0.0414 e. The summed E-state index contributed by atoms with van der Waals surface area (Å²) in [5, 5.41) is 3.48. The highest BCUT2D eigenvalue weighted by Gasteiger charge is 2.19. The fourth-order valence-electron chi connectivity index (χ4n) is 2.49. The van der Waals surface area contributed by atoms with Crippen LogP contribution in [-0.2, 0) is 13.0 Å². The third-order valence-electron chi connectivity index (χ3n) is 4.08. The van der Waals surface area contributed by atoms with Crippen molar-refractivity contribution in [1.29, 1.82) is 0 Å². The average Bonchev–Trinajstić information content (AvgIpc) is 2.36. The Labute approximate surface area is 105 Å². The Morgan fingerprint density at radius 2 is 2.00 bits per heavy atom. The lowest BCUT2D eigenvalue weighted by Gasteiger charge is -2.33. The first-order valence-corrected chi connectivity index (χ1v) is 6.65. The van der Waals surface area contributed by atoms with Crippen molar-refractivity contribution in [1.82, 2.24) is 5.32 Å². The van der Waals surface area contributed by atoms with Gasteiger partial charge in [-0.2, -0.15) is 0 Å². The lowest BCUT2D eigenvalue weighted by atomic mass is 9.97. The van der Waals surface area contributed by atoms with Gasteiger partial charge in [0.1, 0.15) is 0 Å². The summed E-state index contributed by atoms with van der Waals surface area (Å²) in [5.74, 6) is 0.674. The number of benzene rings is 1. The Balaban J connectivity index is 2.32. The van der Waals surface area contributed by atoms with Crippen molar-refractivity contribution in [3.8, 4) is 0 Å². The highest BCUT2D eigenvalue weighted by atomic mass is 15.1. The molecule has 1 aliphatic heterocycles. The molecular formula is C15H24N2. The van der Waals surface area contributed by atoms with E-state index in [1.54, 1.807) is 0 Å². The monoisotopic (exact) mass is 232 g/mol. The minimum Gasteiger partial charge on any atom is -0.371 e. The standard InChI is InChI=1S/C15H24N2/c1-11(2)12(3)17(4)15-7-5-6-13-8-9-16-10-14(13)15/h5-7,11-12,16H,8-10H2,1-4H3. The van der Waals surface area contributed by atoms with E-state index >= 15 is 0 Å². The van der Waals surface area contributed by atoms with Crippen molar-refractivity contribution in [3.05, 3.63) is 29.3 Å². The van der Waals surface area contributed by atoms with E-state index in [-0.39, 0.29) is 0 Å². The Morgan fingerprint density at radius 3 is 2.71 bits per heavy atom. The molecule has 1 N–H and O–H groups in total. The summed E-state index contributed by atoms with van der Waals surface area (Å²) in [4.78, 5) is 2.43. The number of hydrogen-bond acceptors (Lipinski definition) is 2. The summed E-state index contributed by atoms with van der Waals surface area (Å²) in [6, 6.07) is 7.30. The van der Waals surface area contributed by atoms with Gasteiger partial charge in [-0.3, -0.25) is 0 Å². The van der Waals surface area contributed by atoms with Gasteiger partial charge in [0.05, 0.1) is 0 Å². The van der Waals surface area contributed by atoms with E-state index in [2.05, 4.69) is 56.2 Å². The van der Waals surface area contributed by atoms with E-state index < -0.39 is 0 Å². The molecule has 0 saturated heterocycles. The molecule has 0 fully saturated rings. The van der Waals surface area contributed by atoms with Gasteiger partial charge in [-0.15, -0.1) is 0 Å². The van der Waals surface area contributed by atoms with Crippen molar-refractivity contribution >= 4 is 5.69 Å². The van der Waals surface area contributed by atoms with Gasteiger partial charge in [0.25, 0.3) is 0 Å². The minimum atomic E-state index is 0.573. The third-order valence-corrected chi connectivity index (χ3v) is 4.08. The van der Waals surface area contributed by atoms with Gasteiger partial charge < -0.3 is 10.2 Å². The van der Waals surface area contributed by atoms with Crippen molar-refractivity contribution in [2.45, 2.75) is 39.8 Å². The second kappa shape index (κ2) is 5.09. The fraction of sp³-hybridized carbons (Fsp3) is 0.600. The highest BCUT2D eigenvalue weighted by molar-refractivity contribution is 5.57. The van der Waals surface area contributed by atoms with Crippen molar-refractivity contribution in [2.75, 3.05) is 18.5 Å². The summed E-state index contributed by atoms with van der Waals surface area (Å²) < 4.78 is 0.